The van der Waals surface area contributed by atoms with E-state index in [1.165, 1.54) is 24.3 Å². The molecule has 0 fully saturated rings. The molecule has 1 aliphatic heterocycles. The number of fused-ring (bicyclic) bond motifs is 2. The zero-order valence-corrected chi connectivity index (χ0v) is 13.7. The van der Waals surface area contributed by atoms with E-state index in [0.29, 0.717) is 16.5 Å². The molecule has 0 aliphatic carbocycles. The van der Waals surface area contributed by atoms with Gasteiger partial charge in [-0.25, -0.2) is 0 Å². The fourth-order valence-corrected chi connectivity index (χ4v) is 3.14. The molecule has 8 nitrogen and oxygen atoms in total. The molecule has 0 amide bonds. The zero-order valence-electron chi connectivity index (χ0n) is 13.7. The van der Waals surface area contributed by atoms with Crippen LogP contribution >= 0.6 is 0 Å². The first-order chi connectivity index (χ1) is 13.0. The van der Waals surface area contributed by atoms with Crippen LogP contribution < -0.4 is 15.9 Å². The van der Waals surface area contributed by atoms with Crippen LogP contribution in [0.4, 0.5) is 5.69 Å². The van der Waals surface area contributed by atoms with E-state index in [2.05, 4.69) is 0 Å². The fourth-order valence-electron chi connectivity index (χ4n) is 3.14. The molecule has 2 heterocycles. The normalized spacial score (nSPS) is 15.7. The van der Waals surface area contributed by atoms with Gasteiger partial charge in [-0.1, -0.05) is 24.3 Å². The average molecular weight is 361 g/mol. The van der Waals surface area contributed by atoms with Gasteiger partial charge in [0.05, 0.1) is 21.8 Å². The summed E-state index contributed by atoms with van der Waals surface area (Å²) >= 11 is 0. The molecule has 0 saturated heterocycles. The van der Waals surface area contributed by atoms with Crippen LogP contribution in [0.3, 0.4) is 0 Å². The number of ether oxygens (including phenoxy) is 1. The minimum atomic E-state index is -0.847. The zero-order chi connectivity index (χ0) is 19.1. The Hall–Kier alpha value is -4.12. The SMILES string of the molecule is N#CC1=C(N)Oc2oc3ccccc3c(=O)c2C1c1ccc([N+](=O)[O-])cc1. The number of hydrogen-bond acceptors (Lipinski definition) is 7. The molecule has 1 atom stereocenters. The Labute approximate surface area is 151 Å². The number of nitro groups is 1. The van der Waals surface area contributed by atoms with Crippen LogP contribution in [0.15, 0.2) is 69.2 Å². The highest BCUT2D eigenvalue weighted by Gasteiger charge is 2.35. The minimum Gasteiger partial charge on any atom is -0.425 e. The van der Waals surface area contributed by atoms with Gasteiger partial charge >= 0.3 is 0 Å². The molecule has 0 saturated carbocycles. The van der Waals surface area contributed by atoms with Gasteiger partial charge in [0, 0.05) is 12.1 Å². The Bertz CT molecular complexity index is 1220. The highest BCUT2D eigenvalue weighted by Crippen LogP contribution is 2.41. The van der Waals surface area contributed by atoms with E-state index >= 15 is 0 Å². The largest absolute Gasteiger partial charge is 0.425 e. The standard InChI is InChI=1S/C19H11N3O5/c20-9-13-15(10-5-7-11(8-6-10)22(24)25)16-17(23)12-3-1-2-4-14(12)26-19(16)27-18(13)21/h1-8,15H,21H2. The van der Waals surface area contributed by atoms with Gasteiger partial charge in [-0.15, -0.1) is 0 Å². The van der Waals surface area contributed by atoms with E-state index in [1.807, 2.05) is 6.07 Å². The van der Waals surface area contributed by atoms with Gasteiger partial charge in [-0.05, 0) is 17.7 Å². The summed E-state index contributed by atoms with van der Waals surface area (Å²) in [7, 11) is 0. The first-order valence-corrected chi connectivity index (χ1v) is 7.89. The number of hydrogen-bond donors (Lipinski definition) is 1. The van der Waals surface area contributed by atoms with Crippen molar-refractivity contribution in [2.24, 2.45) is 5.73 Å². The van der Waals surface area contributed by atoms with Crippen molar-refractivity contribution in [3.05, 3.63) is 91.5 Å². The Morgan fingerprint density at radius 3 is 2.52 bits per heavy atom. The second-order valence-electron chi connectivity index (χ2n) is 5.90. The maximum Gasteiger partial charge on any atom is 0.300 e. The summed E-state index contributed by atoms with van der Waals surface area (Å²) in [6.45, 7) is 0. The first kappa shape index (κ1) is 16.4. The van der Waals surface area contributed by atoms with E-state index in [1.54, 1.807) is 24.3 Å². The van der Waals surface area contributed by atoms with Gasteiger partial charge in [-0.2, -0.15) is 5.26 Å². The van der Waals surface area contributed by atoms with Gasteiger partial charge in [0.1, 0.15) is 17.2 Å². The number of nitriles is 1. The maximum absolute atomic E-state index is 13.1. The highest BCUT2D eigenvalue weighted by molar-refractivity contribution is 5.78. The van der Waals surface area contributed by atoms with Crippen LogP contribution in [-0.4, -0.2) is 4.92 Å². The van der Waals surface area contributed by atoms with Gasteiger partial charge in [0.2, 0.25) is 11.3 Å². The minimum absolute atomic E-state index is 0.0407. The predicted molar refractivity (Wildman–Crippen MR) is 94.9 cm³/mol. The molecule has 1 unspecified atom stereocenters. The van der Waals surface area contributed by atoms with E-state index in [0.717, 1.165) is 0 Å². The number of rotatable bonds is 2. The lowest BCUT2D eigenvalue weighted by Crippen LogP contribution is -2.26. The van der Waals surface area contributed by atoms with Crippen molar-refractivity contribution in [1.82, 2.24) is 0 Å². The molecule has 0 radical (unpaired) electrons. The van der Waals surface area contributed by atoms with Crippen molar-refractivity contribution < 1.29 is 14.1 Å². The molecule has 3 aromatic rings. The molecule has 1 aromatic heterocycles. The van der Waals surface area contributed by atoms with Crippen LogP contribution in [-0.2, 0) is 0 Å². The summed E-state index contributed by atoms with van der Waals surface area (Å²) in [4.78, 5) is 23.4. The molecule has 2 N–H and O–H groups in total. The number of non-ortho nitro benzene ring substituents is 1. The first-order valence-electron chi connectivity index (χ1n) is 7.89. The third-order valence-electron chi connectivity index (χ3n) is 4.40. The Kier molecular flexibility index (Phi) is 3.63. The molecular formula is C19H11N3O5. The summed E-state index contributed by atoms with van der Waals surface area (Å²) in [5.41, 5.74) is 6.41. The number of para-hydroxylation sites is 1. The molecule has 2 aromatic carbocycles. The van der Waals surface area contributed by atoms with E-state index < -0.39 is 10.8 Å². The quantitative estimate of drug-likeness (QED) is 0.548. The van der Waals surface area contributed by atoms with Crippen LogP contribution in [0.2, 0.25) is 0 Å². The molecular weight excluding hydrogens is 350 g/mol. The topological polar surface area (TPSA) is 132 Å². The third-order valence-corrected chi connectivity index (χ3v) is 4.40. The lowest BCUT2D eigenvalue weighted by atomic mass is 9.84. The van der Waals surface area contributed by atoms with Crippen molar-refractivity contribution in [3.63, 3.8) is 0 Å². The smallest absolute Gasteiger partial charge is 0.300 e. The molecule has 0 bridgehead atoms. The number of nitro benzene ring substituents is 1. The van der Waals surface area contributed by atoms with Gasteiger partial charge in [0.15, 0.2) is 0 Å². The van der Waals surface area contributed by atoms with Crippen molar-refractivity contribution >= 4 is 16.7 Å². The van der Waals surface area contributed by atoms with Crippen molar-refractivity contribution in [1.29, 1.82) is 5.26 Å². The van der Waals surface area contributed by atoms with E-state index in [4.69, 9.17) is 14.9 Å². The van der Waals surface area contributed by atoms with Crippen LogP contribution in [0.5, 0.6) is 5.95 Å². The summed E-state index contributed by atoms with van der Waals surface area (Å²) in [5.74, 6) is -1.11. The highest BCUT2D eigenvalue weighted by atomic mass is 16.6. The number of benzene rings is 2. The molecule has 1 aliphatic rings. The molecule has 27 heavy (non-hydrogen) atoms. The number of nitrogens with zero attached hydrogens (tertiary/aromatic N) is 2. The summed E-state index contributed by atoms with van der Waals surface area (Å²) in [6, 6.07) is 14.2. The molecule has 132 valence electrons. The lowest BCUT2D eigenvalue weighted by Gasteiger charge is -2.24. The van der Waals surface area contributed by atoms with E-state index in [-0.39, 0.29) is 34.1 Å². The van der Waals surface area contributed by atoms with Crippen molar-refractivity contribution in [2.75, 3.05) is 0 Å². The van der Waals surface area contributed by atoms with Crippen LogP contribution in [0.1, 0.15) is 17.0 Å². The van der Waals surface area contributed by atoms with Crippen molar-refractivity contribution in [2.45, 2.75) is 5.92 Å². The Morgan fingerprint density at radius 2 is 1.85 bits per heavy atom. The van der Waals surface area contributed by atoms with Crippen molar-refractivity contribution in [3.8, 4) is 12.0 Å². The van der Waals surface area contributed by atoms with Gasteiger partial charge < -0.3 is 14.9 Å². The van der Waals surface area contributed by atoms with Crippen LogP contribution in [0, 0.1) is 21.4 Å². The fraction of sp³-hybridized carbons (Fsp3) is 0.0526. The van der Waals surface area contributed by atoms with Gasteiger partial charge in [-0.3, -0.25) is 14.9 Å². The number of allylic oxidation sites excluding steroid dienone is 1. The second kappa shape index (κ2) is 6.00. The third kappa shape index (κ3) is 2.49. The maximum atomic E-state index is 13.1. The Balaban J connectivity index is 2.00. The monoisotopic (exact) mass is 361 g/mol. The summed E-state index contributed by atoms with van der Waals surface area (Å²) < 4.78 is 11.1. The van der Waals surface area contributed by atoms with Gasteiger partial charge in [0.25, 0.3) is 11.6 Å². The Morgan fingerprint density at radius 1 is 1.15 bits per heavy atom. The van der Waals surface area contributed by atoms with E-state index in [9.17, 15) is 20.2 Å². The second-order valence-corrected chi connectivity index (χ2v) is 5.90. The van der Waals surface area contributed by atoms with Crippen LogP contribution in [0.25, 0.3) is 11.0 Å². The molecule has 8 heteroatoms. The molecule has 4 rings (SSSR count). The summed E-state index contributed by atoms with van der Waals surface area (Å²) in [6.07, 6.45) is 0. The summed E-state index contributed by atoms with van der Waals surface area (Å²) in [5, 5.41) is 20.8. The lowest BCUT2D eigenvalue weighted by molar-refractivity contribution is -0.384. The average Bonchev–Trinajstić information content (AvgIpc) is 2.67. The number of nitrogens with two attached hydrogens (primary N) is 1. The predicted octanol–water partition coefficient (Wildman–Crippen LogP) is 2.92. The molecule has 0 spiro atoms.